The third-order valence-electron chi connectivity index (χ3n) is 6.85. The number of amides is 1. The summed E-state index contributed by atoms with van der Waals surface area (Å²) in [6.07, 6.45) is 8.66. The number of hydrogen-bond donors (Lipinski definition) is 1. The first-order valence-corrected chi connectivity index (χ1v) is 10.9. The molecule has 1 aromatic carbocycles. The van der Waals surface area contributed by atoms with Crippen LogP contribution in [0.25, 0.3) is 10.9 Å². The normalized spacial score (nSPS) is 27.4. The van der Waals surface area contributed by atoms with E-state index in [4.69, 9.17) is 4.74 Å². The third kappa shape index (κ3) is 3.64. The summed E-state index contributed by atoms with van der Waals surface area (Å²) in [6, 6.07) is 7.14. The van der Waals surface area contributed by atoms with Crippen molar-refractivity contribution in [2.24, 2.45) is 5.92 Å². The van der Waals surface area contributed by atoms with Gasteiger partial charge in [0.05, 0.1) is 17.1 Å². The highest BCUT2D eigenvalue weighted by atomic mass is 35.5. The van der Waals surface area contributed by atoms with Crippen LogP contribution in [-0.4, -0.2) is 47.2 Å². The van der Waals surface area contributed by atoms with Crippen LogP contribution < -0.4 is 10.1 Å². The molecule has 5 nitrogen and oxygen atoms in total. The number of rotatable bonds is 2. The van der Waals surface area contributed by atoms with Crippen molar-refractivity contribution in [3.8, 4) is 5.75 Å². The molecule has 1 amide bonds. The van der Waals surface area contributed by atoms with Gasteiger partial charge in [0, 0.05) is 36.8 Å². The van der Waals surface area contributed by atoms with E-state index >= 15 is 0 Å². The number of hydrogen-bond acceptors (Lipinski definition) is 3. The van der Waals surface area contributed by atoms with Crippen LogP contribution >= 0.6 is 12.4 Å². The molecule has 1 saturated carbocycles. The fraction of sp³-hybridized carbons (Fsp3) is 0.609. The Balaban J connectivity index is 0.00000205. The molecule has 1 N–H and O–H groups in total. The van der Waals surface area contributed by atoms with E-state index in [0.29, 0.717) is 24.0 Å². The standard InChI is InChI=1S/C23H31N3O2.ClH/c1-15-11-25(12-16(2)24-15)23(27)19-13-26-20(17-7-4-3-5-8-17)14-28-21-10-6-9-18(19)22(21)26;/h6,9-10,13,15-17,20,24H,3-5,7-8,11-12,14H2,1-2H3;1H/t15-,16+,20-;/m0./s1. The lowest BCUT2D eigenvalue weighted by Gasteiger charge is -2.36. The zero-order valence-electron chi connectivity index (χ0n) is 17.4. The summed E-state index contributed by atoms with van der Waals surface area (Å²) in [7, 11) is 0. The van der Waals surface area contributed by atoms with Crippen LogP contribution in [0, 0.1) is 5.92 Å². The predicted octanol–water partition coefficient (Wildman–Crippen LogP) is 4.40. The maximum atomic E-state index is 13.5. The van der Waals surface area contributed by atoms with Gasteiger partial charge in [-0.15, -0.1) is 12.4 Å². The zero-order valence-corrected chi connectivity index (χ0v) is 18.2. The lowest BCUT2D eigenvalue weighted by Crippen LogP contribution is -2.55. The molecule has 6 heteroatoms. The summed E-state index contributed by atoms with van der Waals surface area (Å²) in [6.45, 7) is 6.55. The van der Waals surface area contributed by atoms with E-state index in [9.17, 15) is 4.79 Å². The van der Waals surface area contributed by atoms with Gasteiger partial charge in [-0.05, 0) is 38.7 Å². The Morgan fingerprint density at radius 2 is 1.83 bits per heavy atom. The van der Waals surface area contributed by atoms with Gasteiger partial charge in [-0.3, -0.25) is 4.79 Å². The van der Waals surface area contributed by atoms with Crippen molar-refractivity contribution in [1.29, 1.82) is 0 Å². The topological polar surface area (TPSA) is 46.5 Å². The predicted molar refractivity (Wildman–Crippen MR) is 118 cm³/mol. The lowest BCUT2D eigenvalue weighted by molar-refractivity contribution is 0.0675. The second-order valence-electron chi connectivity index (χ2n) is 9.06. The van der Waals surface area contributed by atoms with E-state index in [1.807, 2.05) is 17.0 Å². The molecule has 0 spiro atoms. The number of carbonyl (C=O) groups is 1. The second-order valence-corrected chi connectivity index (χ2v) is 9.06. The maximum absolute atomic E-state index is 13.5. The number of nitrogens with one attached hydrogen (secondary N) is 1. The number of carbonyl (C=O) groups excluding carboxylic acids is 1. The Bertz CT molecular complexity index is 880. The number of aromatic nitrogens is 1. The van der Waals surface area contributed by atoms with Crippen molar-refractivity contribution < 1.29 is 9.53 Å². The van der Waals surface area contributed by atoms with E-state index in [0.717, 1.165) is 41.9 Å². The molecule has 3 heterocycles. The van der Waals surface area contributed by atoms with Gasteiger partial charge in [0.1, 0.15) is 12.4 Å². The first kappa shape index (κ1) is 20.5. The SMILES string of the molecule is C[C@@H]1CN(C(=O)c2cn3c4c(cccc24)OC[C@H]3C2CCCCC2)C[C@H](C)N1.Cl. The molecule has 2 fully saturated rings. The summed E-state index contributed by atoms with van der Waals surface area (Å²) in [4.78, 5) is 15.5. The Labute approximate surface area is 179 Å². The van der Waals surface area contributed by atoms with Crippen LogP contribution in [0.1, 0.15) is 62.4 Å². The van der Waals surface area contributed by atoms with E-state index in [1.165, 1.54) is 32.1 Å². The van der Waals surface area contributed by atoms with Gasteiger partial charge in [0.15, 0.2) is 0 Å². The van der Waals surface area contributed by atoms with Gasteiger partial charge >= 0.3 is 0 Å². The number of halogens is 1. The van der Waals surface area contributed by atoms with Crippen LogP contribution in [0.4, 0.5) is 0 Å². The summed E-state index contributed by atoms with van der Waals surface area (Å²) < 4.78 is 8.56. The fourth-order valence-electron chi connectivity index (χ4n) is 5.63. The summed E-state index contributed by atoms with van der Waals surface area (Å²) in [5.74, 6) is 1.73. The second kappa shape index (κ2) is 8.19. The van der Waals surface area contributed by atoms with Gasteiger partial charge < -0.3 is 19.5 Å². The van der Waals surface area contributed by atoms with Gasteiger partial charge in [0.25, 0.3) is 5.91 Å². The Morgan fingerprint density at radius 1 is 1.10 bits per heavy atom. The van der Waals surface area contributed by atoms with Gasteiger partial charge in [-0.25, -0.2) is 0 Å². The summed E-state index contributed by atoms with van der Waals surface area (Å²) in [5, 5.41) is 4.56. The molecule has 3 atom stereocenters. The average molecular weight is 418 g/mol. The van der Waals surface area contributed by atoms with Crippen molar-refractivity contribution in [3.05, 3.63) is 30.0 Å². The number of benzene rings is 1. The van der Waals surface area contributed by atoms with Crippen molar-refractivity contribution >= 4 is 29.2 Å². The van der Waals surface area contributed by atoms with Crippen LogP contribution in [0.2, 0.25) is 0 Å². The zero-order chi connectivity index (χ0) is 19.3. The molecule has 0 radical (unpaired) electrons. The molecular formula is C23H32ClN3O2. The van der Waals surface area contributed by atoms with Crippen LogP contribution in [0.3, 0.4) is 0 Å². The van der Waals surface area contributed by atoms with Crippen molar-refractivity contribution in [1.82, 2.24) is 14.8 Å². The fourth-order valence-corrected chi connectivity index (χ4v) is 5.63. The molecule has 5 rings (SSSR count). The minimum Gasteiger partial charge on any atom is -0.489 e. The number of para-hydroxylation sites is 1. The first-order chi connectivity index (χ1) is 13.6. The quantitative estimate of drug-likeness (QED) is 0.787. The number of ether oxygens (including phenoxy) is 1. The molecule has 2 aromatic rings. The van der Waals surface area contributed by atoms with Gasteiger partial charge in [-0.1, -0.05) is 31.4 Å². The molecule has 2 aliphatic heterocycles. The molecule has 0 unspecified atom stereocenters. The average Bonchev–Trinajstić information content (AvgIpc) is 3.09. The Hall–Kier alpha value is -1.72. The van der Waals surface area contributed by atoms with Gasteiger partial charge in [-0.2, -0.15) is 0 Å². The van der Waals surface area contributed by atoms with E-state index in [-0.39, 0.29) is 18.3 Å². The Kier molecular flexibility index (Phi) is 5.80. The number of nitrogens with zero attached hydrogens (tertiary/aromatic N) is 2. The van der Waals surface area contributed by atoms with Gasteiger partial charge in [0.2, 0.25) is 0 Å². The monoisotopic (exact) mass is 417 g/mol. The molecule has 3 aliphatic rings. The lowest BCUT2D eigenvalue weighted by atomic mass is 9.83. The maximum Gasteiger partial charge on any atom is 0.256 e. The largest absolute Gasteiger partial charge is 0.489 e. The highest BCUT2D eigenvalue weighted by molar-refractivity contribution is 6.08. The van der Waals surface area contributed by atoms with E-state index < -0.39 is 0 Å². The molecule has 1 aromatic heterocycles. The van der Waals surface area contributed by atoms with E-state index in [2.05, 4.69) is 36.0 Å². The van der Waals surface area contributed by atoms with Crippen molar-refractivity contribution in [2.45, 2.75) is 64.1 Å². The highest BCUT2D eigenvalue weighted by Gasteiger charge is 2.34. The first-order valence-electron chi connectivity index (χ1n) is 10.9. The van der Waals surface area contributed by atoms with Crippen LogP contribution in [0.15, 0.2) is 24.4 Å². The molecule has 1 aliphatic carbocycles. The van der Waals surface area contributed by atoms with E-state index in [1.54, 1.807) is 0 Å². The van der Waals surface area contributed by atoms with Crippen LogP contribution in [-0.2, 0) is 0 Å². The molecule has 1 saturated heterocycles. The van der Waals surface area contributed by atoms with Crippen molar-refractivity contribution in [2.75, 3.05) is 19.7 Å². The smallest absolute Gasteiger partial charge is 0.256 e. The minimum atomic E-state index is 0. The Morgan fingerprint density at radius 3 is 2.55 bits per heavy atom. The van der Waals surface area contributed by atoms with Crippen LogP contribution in [0.5, 0.6) is 5.75 Å². The summed E-state index contributed by atoms with van der Waals surface area (Å²) in [5.41, 5.74) is 1.95. The molecule has 158 valence electrons. The minimum absolute atomic E-state index is 0. The highest BCUT2D eigenvalue weighted by Crippen LogP contribution is 2.42. The molecule has 0 bridgehead atoms. The molecular weight excluding hydrogens is 386 g/mol. The molecule has 29 heavy (non-hydrogen) atoms. The summed E-state index contributed by atoms with van der Waals surface area (Å²) >= 11 is 0. The number of piperazine rings is 1. The third-order valence-corrected chi connectivity index (χ3v) is 6.85. The van der Waals surface area contributed by atoms with Crippen molar-refractivity contribution in [3.63, 3.8) is 0 Å².